The van der Waals surface area contributed by atoms with Gasteiger partial charge in [0.05, 0.1) is 10.9 Å². The number of amides is 1. The molecule has 1 unspecified atom stereocenters. The van der Waals surface area contributed by atoms with Gasteiger partial charge in [-0.3, -0.25) is 9.59 Å². The molecule has 0 bridgehead atoms. The Balaban J connectivity index is 2.14. The molecule has 2 heterocycles. The molecule has 1 aliphatic heterocycles. The number of carbonyl (C=O) groups is 2. The zero-order valence-corrected chi connectivity index (χ0v) is 11.3. The number of likely N-dealkylation sites (tertiary alicyclic amines) is 1. The van der Waals surface area contributed by atoms with Crippen molar-refractivity contribution in [2.75, 3.05) is 13.1 Å². The second-order valence-corrected chi connectivity index (χ2v) is 5.97. The molecule has 0 spiro atoms. The summed E-state index contributed by atoms with van der Waals surface area (Å²) in [5.74, 6) is -1.40. The maximum absolute atomic E-state index is 12.3. The van der Waals surface area contributed by atoms with Crippen molar-refractivity contribution < 1.29 is 14.7 Å². The van der Waals surface area contributed by atoms with Crippen LogP contribution in [0.1, 0.15) is 33.2 Å². The summed E-state index contributed by atoms with van der Waals surface area (Å²) in [6, 6.07) is 0. The maximum atomic E-state index is 12.3. The van der Waals surface area contributed by atoms with Gasteiger partial charge in [0.15, 0.2) is 0 Å². The molecule has 1 aromatic rings. The quantitative estimate of drug-likeness (QED) is 0.886. The molecule has 0 aliphatic carbocycles. The van der Waals surface area contributed by atoms with Crippen molar-refractivity contribution in [2.45, 2.75) is 26.7 Å². The van der Waals surface area contributed by atoms with E-state index in [9.17, 15) is 9.59 Å². The number of aromatic nitrogens is 1. The zero-order chi connectivity index (χ0) is 13.3. The largest absolute Gasteiger partial charge is 0.481 e. The molecule has 0 radical (unpaired) electrons. The molecular weight excluding hydrogens is 252 g/mol. The van der Waals surface area contributed by atoms with Crippen molar-refractivity contribution in [1.29, 1.82) is 0 Å². The summed E-state index contributed by atoms with van der Waals surface area (Å²) < 4.78 is 0. The molecule has 1 aliphatic rings. The number of aryl methyl sites for hydroxylation is 2. The van der Waals surface area contributed by atoms with Crippen LogP contribution in [0.25, 0.3) is 0 Å². The summed E-state index contributed by atoms with van der Waals surface area (Å²) >= 11 is 1.49. The predicted octanol–water partition coefficient (Wildman–Crippen LogP) is 1.70. The number of aliphatic carboxylic acids is 1. The van der Waals surface area contributed by atoms with E-state index >= 15 is 0 Å². The van der Waals surface area contributed by atoms with Crippen LogP contribution >= 0.6 is 11.3 Å². The fourth-order valence-corrected chi connectivity index (χ4v) is 3.05. The van der Waals surface area contributed by atoms with Gasteiger partial charge < -0.3 is 10.0 Å². The van der Waals surface area contributed by atoms with E-state index < -0.39 is 11.9 Å². The maximum Gasteiger partial charge on any atom is 0.308 e. The lowest BCUT2D eigenvalue weighted by molar-refractivity contribution is -0.143. The third kappa shape index (κ3) is 2.53. The van der Waals surface area contributed by atoms with Crippen LogP contribution in [0.5, 0.6) is 0 Å². The highest BCUT2D eigenvalue weighted by Gasteiger charge is 2.30. The van der Waals surface area contributed by atoms with Gasteiger partial charge in [-0.2, -0.15) is 0 Å². The van der Waals surface area contributed by atoms with Crippen molar-refractivity contribution in [3.8, 4) is 0 Å². The van der Waals surface area contributed by atoms with E-state index in [2.05, 4.69) is 4.98 Å². The Bertz CT molecular complexity index is 484. The molecule has 6 heteroatoms. The van der Waals surface area contributed by atoms with Gasteiger partial charge in [0.1, 0.15) is 5.69 Å². The number of piperidine rings is 1. The third-order valence-electron chi connectivity index (χ3n) is 3.16. The minimum Gasteiger partial charge on any atom is -0.481 e. The minimum atomic E-state index is -0.821. The first-order valence-corrected chi connectivity index (χ1v) is 6.77. The van der Waals surface area contributed by atoms with Gasteiger partial charge in [-0.25, -0.2) is 4.98 Å². The fraction of sp³-hybridized carbons (Fsp3) is 0.583. The standard InChI is InChI=1S/C12H16N2O3S/c1-7-10(13-8(2)18-7)11(15)14-5-3-4-9(6-14)12(16)17/h9H,3-6H2,1-2H3,(H,16,17). The Morgan fingerprint density at radius 3 is 2.72 bits per heavy atom. The lowest BCUT2D eigenvalue weighted by atomic mass is 9.98. The number of carbonyl (C=O) groups excluding carboxylic acids is 1. The van der Waals surface area contributed by atoms with Crippen molar-refractivity contribution >= 4 is 23.2 Å². The van der Waals surface area contributed by atoms with Crippen LogP contribution in [-0.2, 0) is 4.79 Å². The number of carboxylic acids is 1. The van der Waals surface area contributed by atoms with Crippen LogP contribution < -0.4 is 0 Å². The molecule has 1 atom stereocenters. The van der Waals surface area contributed by atoms with Crippen molar-refractivity contribution in [3.05, 3.63) is 15.6 Å². The van der Waals surface area contributed by atoms with Gasteiger partial charge in [0.25, 0.3) is 5.91 Å². The van der Waals surface area contributed by atoms with Crippen molar-refractivity contribution in [2.24, 2.45) is 5.92 Å². The van der Waals surface area contributed by atoms with E-state index in [-0.39, 0.29) is 5.91 Å². The van der Waals surface area contributed by atoms with Crippen LogP contribution in [0.2, 0.25) is 0 Å². The normalized spacial score (nSPS) is 19.9. The molecule has 1 N–H and O–H groups in total. The molecular formula is C12H16N2O3S. The molecule has 1 aromatic heterocycles. The first-order chi connectivity index (χ1) is 8.49. The van der Waals surface area contributed by atoms with Crippen molar-refractivity contribution in [1.82, 2.24) is 9.88 Å². The zero-order valence-electron chi connectivity index (χ0n) is 10.5. The summed E-state index contributed by atoms with van der Waals surface area (Å²) in [5.41, 5.74) is 0.475. The van der Waals surface area contributed by atoms with Gasteiger partial charge in [-0.05, 0) is 26.7 Å². The Morgan fingerprint density at radius 1 is 1.44 bits per heavy atom. The first-order valence-electron chi connectivity index (χ1n) is 5.95. The highest BCUT2D eigenvalue weighted by atomic mass is 32.1. The monoisotopic (exact) mass is 268 g/mol. The van der Waals surface area contributed by atoms with E-state index in [0.29, 0.717) is 25.2 Å². The van der Waals surface area contributed by atoms with Gasteiger partial charge in [-0.15, -0.1) is 11.3 Å². The number of thiazole rings is 1. The summed E-state index contributed by atoms with van der Waals surface area (Å²) in [6.07, 6.45) is 1.39. The highest BCUT2D eigenvalue weighted by Crippen LogP contribution is 2.22. The molecule has 1 saturated heterocycles. The Kier molecular flexibility index (Phi) is 3.65. The lowest BCUT2D eigenvalue weighted by Gasteiger charge is -2.30. The average molecular weight is 268 g/mol. The summed E-state index contributed by atoms with van der Waals surface area (Å²) in [5, 5.41) is 9.88. The van der Waals surface area contributed by atoms with Gasteiger partial charge in [0, 0.05) is 18.0 Å². The second kappa shape index (κ2) is 5.06. The SMILES string of the molecule is Cc1nc(C(=O)N2CCCC(C(=O)O)C2)c(C)s1. The molecule has 1 fully saturated rings. The van der Waals surface area contributed by atoms with Crippen molar-refractivity contribution in [3.63, 3.8) is 0 Å². The van der Waals surface area contributed by atoms with Crippen LogP contribution in [0.15, 0.2) is 0 Å². The third-order valence-corrected chi connectivity index (χ3v) is 4.05. The van der Waals surface area contributed by atoms with Crippen LogP contribution in [0, 0.1) is 19.8 Å². The smallest absolute Gasteiger partial charge is 0.308 e. The molecule has 0 saturated carbocycles. The minimum absolute atomic E-state index is 0.136. The van der Waals surface area contributed by atoms with E-state index in [4.69, 9.17) is 5.11 Å². The topological polar surface area (TPSA) is 70.5 Å². The predicted molar refractivity (Wildman–Crippen MR) is 67.9 cm³/mol. The van der Waals surface area contributed by atoms with Crippen LogP contribution in [0.4, 0.5) is 0 Å². The second-order valence-electron chi connectivity index (χ2n) is 4.57. The summed E-state index contributed by atoms with van der Waals surface area (Å²) in [7, 11) is 0. The van der Waals surface area contributed by atoms with E-state index in [1.54, 1.807) is 4.90 Å². The van der Waals surface area contributed by atoms with Crippen LogP contribution in [-0.4, -0.2) is 40.0 Å². The molecule has 98 valence electrons. The Hall–Kier alpha value is -1.43. The van der Waals surface area contributed by atoms with E-state index in [0.717, 1.165) is 16.3 Å². The molecule has 2 rings (SSSR count). The number of rotatable bonds is 2. The van der Waals surface area contributed by atoms with Gasteiger partial charge in [0.2, 0.25) is 0 Å². The molecule has 5 nitrogen and oxygen atoms in total. The molecule has 18 heavy (non-hydrogen) atoms. The molecule has 1 amide bonds. The molecule has 0 aromatic carbocycles. The summed E-state index contributed by atoms with van der Waals surface area (Å²) in [4.78, 5) is 30.0. The van der Waals surface area contributed by atoms with Crippen LogP contribution in [0.3, 0.4) is 0 Å². The van der Waals surface area contributed by atoms with Gasteiger partial charge >= 0.3 is 5.97 Å². The van der Waals surface area contributed by atoms with E-state index in [1.807, 2.05) is 13.8 Å². The lowest BCUT2D eigenvalue weighted by Crippen LogP contribution is -2.42. The average Bonchev–Trinajstić information content (AvgIpc) is 2.67. The number of nitrogens with zero attached hydrogens (tertiary/aromatic N) is 2. The highest BCUT2D eigenvalue weighted by molar-refractivity contribution is 7.11. The Labute approximate surface area is 109 Å². The summed E-state index contributed by atoms with van der Waals surface area (Å²) in [6.45, 7) is 4.66. The number of hydrogen-bond donors (Lipinski definition) is 1. The first kappa shape index (κ1) is 13.0. The van der Waals surface area contributed by atoms with E-state index in [1.165, 1.54) is 11.3 Å². The fourth-order valence-electron chi connectivity index (χ4n) is 2.24. The number of hydrogen-bond acceptors (Lipinski definition) is 4. The van der Waals surface area contributed by atoms with Gasteiger partial charge in [-0.1, -0.05) is 0 Å². The number of carboxylic acid groups (broad SMARTS) is 1. The Morgan fingerprint density at radius 2 is 2.17 bits per heavy atom.